The van der Waals surface area contributed by atoms with Crippen LogP contribution in [0.15, 0.2) is 48.5 Å². The van der Waals surface area contributed by atoms with Crippen LogP contribution in [0.1, 0.15) is 11.3 Å². The number of aromatic nitrogens is 1. The van der Waals surface area contributed by atoms with E-state index in [-0.39, 0.29) is 12.4 Å². The lowest BCUT2D eigenvalue weighted by Gasteiger charge is -2.14. The fourth-order valence-corrected chi connectivity index (χ4v) is 3.34. The molecule has 126 valence electrons. The van der Waals surface area contributed by atoms with Gasteiger partial charge in [-0.15, -0.1) is 0 Å². The Morgan fingerprint density at radius 3 is 2.12 bits per heavy atom. The second-order valence-electron chi connectivity index (χ2n) is 5.33. The van der Waals surface area contributed by atoms with Gasteiger partial charge in [-0.05, 0) is 48.9 Å². The van der Waals surface area contributed by atoms with Crippen LogP contribution < -0.4 is 18.1 Å². The number of benzene rings is 2. The van der Waals surface area contributed by atoms with E-state index in [4.69, 9.17) is 34.8 Å². The van der Waals surface area contributed by atoms with Gasteiger partial charge in [-0.3, -0.25) is 0 Å². The summed E-state index contributed by atoms with van der Waals surface area (Å²) in [6.45, 7) is 2.79. The summed E-state index contributed by atoms with van der Waals surface area (Å²) in [6, 6.07) is 15.5. The van der Waals surface area contributed by atoms with Crippen molar-refractivity contribution in [2.45, 2.75) is 13.5 Å². The van der Waals surface area contributed by atoms with Gasteiger partial charge in [0.25, 0.3) is 0 Å². The van der Waals surface area contributed by atoms with E-state index in [9.17, 15) is 0 Å². The highest BCUT2D eigenvalue weighted by Crippen LogP contribution is 2.33. The van der Waals surface area contributed by atoms with Gasteiger partial charge in [-0.2, -0.15) is 0 Å². The lowest BCUT2D eigenvalue weighted by Crippen LogP contribution is -3.00. The molecule has 3 rings (SSSR count). The first-order chi connectivity index (χ1) is 11.0. The van der Waals surface area contributed by atoms with Crippen LogP contribution in [0.5, 0.6) is 0 Å². The van der Waals surface area contributed by atoms with E-state index in [1.807, 2.05) is 36.4 Å². The molecule has 0 aliphatic rings. The maximum absolute atomic E-state index is 6.43. The summed E-state index contributed by atoms with van der Waals surface area (Å²) in [5.74, 6) is 0. The first kappa shape index (κ1) is 19.2. The van der Waals surface area contributed by atoms with Crippen molar-refractivity contribution in [3.8, 4) is 16.9 Å². The SMILES string of the molecule is Cc1c(C[NH3+])cc(-c2ccc(Cl)cc2)n1-c1ccc(Cl)cc1Cl.[Cl-]. The van der Waals surface area contributed by atoms with Gasteiger partial charge in [0.2, 0.25) is 0 Å². The number of nitrogens with zero attached hydrogens (tertiary/aromatic N) is 1. The molecule has 3 N–H and O–H groups in total. The van der Waals surface area contributed by atoms with Crippen LogP contribution in [-0.2, 0) is 6.54 Å². The lowest BCUT2D eigenvalue weighted by molar-refractivity contribution is -0.386. The van der Waals surface area contributed by atoms with Crippen molar-refractivity contribution in [3.63, 3.8) is 0 Å². The van der Waals surface area contributed by atoms with Crippen molar-refractivity contribution in [1.82, 2.24) is 4.57 Å². The fourth-order valence-electron chi connectivity index (χ4n) is 2.72. The summed E-state index contributed by atoms with van der Waals surface area (Å²) in [6.07, 6.45) is 0. The summed E-state index contributed by atoms with van der Waals surface area (Å²) in [4.78, 5) is 0. The quantitative estimate of drug-likeness (QED) is 0.697. The lowest BCUT2D eigenvalue weighted by atomic mass is 10.1. The minimum Gasteiger partial charge on any atom is -1.00 e. The summed E-state index contributed by atoms with van der Waals surface area (Å²) < 4.78 is 2.14. The first-order valence-corrected chi connectivity index (χ1v) is 8.36. The van der Waals surface area contributed by atoms with Crippen molar-refractivity contribution in [1.29, 1.82) is 0 Å². The van der Waals surface area contributed by atoms with Crippen LogP contribution in [0.4, 0.5) is 0 Å². The molecule has 1 aromatic heterocycles. The third-order valence-corrected chi connectivity index (χ3v) is 4.70. The van der Waals surface area contributed by atoms with Gasteiger partial charge in [0, 0.05) is 21.3 Å². The van der Waals surface area contributed by atoms with Crippen LogP contribution in [0, 0.1) is 6.92 Å². The van der Waals surface area contributed by atoms with Gasteiger partial charge in [0.05, 0.1) is 16.4 Å². The van der Waals surface area contributed by atoms with Crippen LogP contribution in [-0.4, -0.2) is 4.57 Å². The highest BCUT2D eigenvalue weighted by molar-refractivity contribution is 6.35. The molecular formula is C18H16Cl4N2. The molecule has 0 aliphatic heterocycles. The largest absolute Gasteiger partial charge is 1.00 e. The van der Waals surface area contributed by atoms with Crippen molar-refractivity contribution < 1.29 is 18.1 Å². The average molecular weight is 402 g/mol. The number of hydrogen-bond donors (Lipinski definition) is 1. The van der Waals surface area contributed by atoms with Crippen LogP contribution >= 0.6 is 34.8 Å². The zero-order valence-corrected chi connectivity index (χ0v) is 16.0. The molecule has 0 spiro atoms. The first-order valence-electron chi connectivity index (χ1n) is 7.23. The summed E-state index contributed by atoms with van der Waals surface area (Å²) >= 11 is 18.5. The Kier molecular flexibility index (Phi) is 6.24. The van der Waals surface area contributed by atoms with Crippen LogP contribution in [0.2, 0.25) is 15.1 Å². The van der Waals surface area contributed by atoms with Gasteiger partial charge in [0.1, 0.15) is 6.54 Å². The Bertz CT molecular complexity index is 854. The van der Waals surface area contributed by atoms with Gasteiger partial charge in [0.15, 0.2) is 0 Å². The minimum atomic E-state index is 0. The fraction of sp³-hybridized carbons (Fsp3) is 0.111. The number of rotatable bonds is 3. The van der Waals surface area contributed by atoms with E-state index in [2.05, 4.69) is 23.3 Å². The highest BCUT2D eigenvalue weighted by atomic mass is 35.5. The zero-order valence-electron chi connectivity index (χ0n) is 13.0. The van der Waals surface area contributed by atoms with Crippen molar-refractivity contribution in [2.75, 3.05) is 0 Å². The monoisotopic (exact) mass is 400 g/mol. The summed E-state index contributed by atoms with van der Waals surface area (Å²) in [5, 5.41) is 1.95. The van der Waals surface area contributed by atoms with E-state index in [0.717, 1.165) is 22.6 Å². The van der Waals surface area contributed by atoms with Crippen molar-refractivity contribution in [2.24, 2.45) is 0 Å². The Labute approximate surface area is 162 Å². The van der Waals surface area contributed by atoms with Gasteiger partial charge >= 0.3 is 0 Å². The summed E-state index contributed by atoms with van der Waals surface area (Å²) in [7, 11) is 0. The molecule has 3 aromatic rings. The Morgan fingerprint density at radius 1 is 0.917 bits per heavy atom. The van der Waals surface area contributed by atoms with Gasteiger partial charge < -0.3 is 22.7 Å². The molecule has 0 saturated carbocycles. The van der Waals surface area contributed by atoms with Crippen molar-refractivity contribution >= 4 is 34.8 Å². The van der Waals surface area contributed by atoms with Crippen molar-refractivity contribution in [3.05, 3.63) is 74.9 Å². The molecule has 6 heteroatoms. The molecule has 0 saturated heterocycles. The standard InChI is InChI=1S/C18H15Cl3N2.ClH/c1-11-13(10-22)8-18(12-2-4-14(19)5-3-12)23(11)17-7-6-15(20)9-16(17)21;/h2-9H,10,22H2,1H3;1H. The Hall–Kier alpha value is -1.16. The van der Waals surface area contributed by atoms with Gasteiger partial charge in [-0.1, -0.05) is 46.9 Å². The normalized spacial score (nSPS) is 10.5. The zero-order chi connectivity index (χ0) is 16.6. The maximum Gasteiger partial charge on any atom is 0.101 e. The van der Waals surface area contributed by atoms with Gasteiger partial charge in [-0.25, -0.2) is 0 Å². The van der Waals surface area contributed by atoms with Crippen LogP contribution in [0.3, 0.4) is 0 Å². The van der Waals surface area contributed by atoms with E-state index in [1.54, 1.807) is 6.07 Å². The molecule has 2 nitrogen and oxygen atoms in total. The molecule has 0 unspecified atom stereocenters. The Balaban J connectivity index is 0.00000208. The molecule has 0 bridgehead atoms. The molecule has 0 aliphatic carbocycles. The molecule has 0 fully saturated rings. The van der Waals surface area contributed by atoms with E-state index < -0.39 is 0 Å². The predicted molar refractivity (Wildman–Crippen MR) is 97.6 cm³/mol. The number of quaternary nitrogens is 1. The van der Waals surface area contributed by atoms with E-state index in [0.29, 0.717) is 21.6 Å². The second-order valence-corrected chi connectivity index (χ2v) is 6.61. The van der Waals surface area contributed by atoms with E-state index in [1.165, 1.54) is 5.56 Å². The molecular weight excluding hydrogens is 386 g/mol. The molecule has 0 atom stereocenters. The second kappa shape index (κ2) is 7.81. The maximum atomic E-state index is 6.43. The third kappa shape index (κ3) is 3.58. The predicted octanol–water partition coefficient (Wildman–Crippen LogP) is 2.16. The van der Waals surface area contributed by atoms with E-state index >= 15 is 0 Å². The highest BCUT2D eigenvalue weighted by Gasteiger charge is 2.17. The molecule has 2 aromatic carbocycles. The third-order valence-electron chi connectivity index (χ3n) is 3.91. The number of hydrogen-bond acceptors (Lipinski definition) is 0. The minimum absolute atomic E-state index is 0. The molecule has 24 heavy (non-hydrogen) atoms. The number of halogens is 4. The molecule has 0 radical (unpaired) electrons. The average Bonchev–Trinajstić information content (AvgIpc) is 2.85. The molecule has 1 heterocycles. The summed E-state index contributed by atoms with van der Waals surface area (Å²) in [5.41, 5.74) is 9.35. The smallest absolute Gasteiger partial charge is 0.101 e. The van der Waals surface area contributed by atoms with Crippen LogP contribution in [0.25, 0.3) is 16.9 Å². The topological polar surface area (TPSA) is 32.6 Å². The Morgan fingerprint density at radius 2 is 1.54 bits per heavy atom. The molecule has 0 amide bonds.